The van der Waals surface area contributed by atoms with Gasteiger partial charge in [0, 0.05) is 24.0 Å². The Morgan fingerprint density at radius 1 is 1.60 bits per heavy atom. The van der Waals surface area contributed by atoms with Crippen LogP contribution in [0.25, 0.3) is 0 Å². The van der Waals surface area contributed by atoms with E-state index in [1.165, 1.54) is 12.8 Å². The van der Waals surface area contributed by atoms with Crippen molar-refractivity contribution in [2.75, 3.05) is 26.8 Å². The second-order valence-corrected chi connectivity index (χ2v) is 5.33. The van der Waals surface area contributed by atoms with E-state index in [1.54, 1.807) is 0 Å². The topological polar surface area (TPSA) is 38.5 Å². The van der Waals surface area contributed by atoms with Crippen LogP contribution >= 0.6 is 0 Å². The first-order valence-corrected chi connectivity index (χ1v) is 6.03. The average Bonchev–Trinajstić information content (AvgIpc) is 2.47. The first kappa shape index (κ1) is 12.9. The van der Waals surface area contributed by atoms with Crippen molar-refractivity contribution in [2.24, 2.45) is 11.1 Å². The van der Waals surface area contributed by atoms with E-state index in [9.17, 15) is 0 Å². The summed E-state index contributed by atoms with van der Waals surface area (Å²) in [6.07, 6.45) is 2.49. The maximum absolute atomic E-state index is 6.08. The van der Waals surface area contributed by atoms with Crippen LogP contribution in [0.1, 0.15) is 33.6 Å². The van der Waals surface area contributed by atoms with Crippen molar-refractivity contribution in [3.63, 3.8) is 0 Å². The molecule has 0 aromatic carbocycles. The minimum Gasteiger partial charge on any atom is -0.379 e. The molecule has 0 aromatic heterocycles. The highest BCUT2D eigenvalue weighted by atomic mass is 16.5. The van der Waals surface area contributed by atoms with Crippen LogP contribution in [0.3, 0.4) is 0 Å². The van der Waals surface area contributed by atoms with Crippen molar-refractivity contribution >= 4 is 0 Å². The third-order valence-corrected chi connectivity index (χ3v) is 3.69. The monoisotopic (exact) mass is 214 g/mol. The first-order valence-electron chi connectivity index (χ1n) is 6.03. The molecule has 0 bridgehead atoms. The van der Waals surface area contributed by atoms with E-state index in [1.807, 2.05) is 0 Å². The SMILES string of the molecule is CCCC(C)N(C)CC1(C)COCC1N. The van der Waals surface area contributed by atoms with E-state index in [0.29, 0.717) is 12.6 Å². The highest BCUT2D eigenvalue weighted by molar-refractivity contribution is 4.92. The van der Waals surface area contributed by atoms with E-state index < -0.39 is 0 Å². The van der Waals surface area contributed by atoms with Gasteiger partial charge < -0.3 is 15.4 Å². The molecule has 1 fully saturated rings. The molecule has 0 aliphatic carbocycles. The molecule has 0 spiro atoms. The van der Waals surface area contributed by atoms with E-state index in [0.717, 1.165) is 13.2 Å². The summed E-state index contributed by atoms with van der Waals surface area (Å²) in [5.74, 6) is 0. The Balaban J connectivity index is 2.45. The largest absolute Gasteiger partial charge is 0.379 e. The molecule has 0 radical (unpaired) electrons. The third kappa shape index (κ3) is 3.16. The van der Waals surface area contributed by atoms with Gasteiger partial charge in [0.15, 0.2) is 0 Å². The van der Waals surface area contributed by atoms with Crippen LogP contribution in [0, 0.1) is 5.41 Å². The van der Waals surface area contributed by atoms with E-state index in [2.05, 4.69) is 32.7 Å². The summed E-state index contributed by atoms with van der Waals surface area (Å²) >= 11 is 0. The summed E-state index contributed by atoms with van der Waals surface area (Å²) in [6.45, 7) is 9.31. The Hall–Kier alpha value is -0.120. The normalized spacial score (nSPS) is 33.6. The molecule has 15 heavy (non-hydrogen) atoms. The van der Waals surface area contributed by atoms with Crippen molar-refractivity contribution in [3.8, 4) is 0 Å². The lowest BCUT2D eigenvalue weighted by molar-refractivity contribution is 0.112. The number of hydrogen-bond donors (Lipinski definition) is 1. The van der Waals surface area contributed by atoms with Gasteiger partial charge in [-0.25, -0.2) is 0 Å². The summed E-state index contributed by atoms with van der Waals surface area (Å²) in [5.41, 5.74) is 6.22. The van der Waals surface area contributed by atoms with Gasteiger partial charge in [-0.2, -0.15) is 0 Å². The number of hydrogen-bond acceptors (Lipinski definition) is 3. The van der Waals surface area contributed by atoms with Gasteiger partial charge in [0.1, 0.15) is 0 Å². The number of ether oxygens (including phenoxy) is 1. The molecule has 90 valence electrons. The molecule has 3 heteroatoms. The maximum atomic E-state index is 6.08. The van der Waals surface area contributed by atoms with Crippen LogP contribution in [0.15, 0.2) is 0 Å². The Bertz CT molecular complexity index is 198. The second-order valence-electron chi connectivity index (χ2n) is 5.33. The zero-order valence-electron chi connectivity index (χ0n) is 10.6. The molecule has 3 unspecified atom stereocenters. The van der Waals surface area contributed by atoms with Gasteiger partial charge in [-0.05, 0) is 20.4 Å². The molecular formula is C12H26N2O. The van der Waals surface area contributed by atoms with Crippen LogP contribution in [-0.2, 0) is 4.74 Å². The van der Waals surface area contributed by atoms with Gasteiger partial charge in [-0.15, -0.1) is 0 Å². The lowest BCUT2D eigenvalue weighted by atomic mass is 9.85. The average molecular weight is 214 g/mol. The van der Waals surface area contributed by atoms with E-state index in [4.69, 9.17) is 10.5 Å². The van der Waals surface area contributed by atoms with Crippen molar-refractivity contribution < 1.29 is 4.74 Å². The molecule has 3 atom stereocenters. The fraction of sp³-hybridized carbons (Fsp3) is 1.00. The molecule has 1 heterocycles. The second kappa shape index (κ2) is 5.28. The molecule has 0 aromatic rings. The number of rotatable bonds is 5. The van der Waals surface area contributed by atoms with Gasteiger partial charge in [0.05, 0.1) is 13.2 Å². The van der Waals surface area contributed by atoms with Crippen molar-refractivity contribution in [1.29, 1.82) is 0 Å². The molecular weight excluding hydrogens is 188 g/mol. The zero-order chi connectivity index (χ0) is 11.5. The lowest BCUT2D eigenvalue weighted by Gasteiger charge is -2.35. The van der Waals surface area contributed by atoms with Gasteiger partial charge in [0.25, 0.3) is 0 Å². The van der Waals surface area contributed by atoms with Crippen LogP contribution in [0.2, 0.25) is 0 Å². The summed E-state index contributed by atoms with van der Waals surface area (Å²) in [5, 5.41) is 0. The number of nitrogens with zero attached hydrogens (tertiary/aromatic N) is 1. The molecule has 1 rings (SSSR count). The van der Waals surface area contributed by atoms with Crippen molar-refractivity contribution in [1.82, 2.24) is 4.90 Å². The third-order valence-electron chi connectivity index (χ3n) is 3.69. The highest BCUT2D eigenvalue weighted by Crippen LogP contribution is 2.28. The lowest BCUT2D eigenvalue weighted by Crippen LogP contribution is -2.47. The smallest absolute Gasteiger partial charge is 0.0624 e. The van der Waals surface area contributed by atoms with Gasteiger partial charge >= 0.3 is 0 Å². The van der Waals surface area contributed by atoms with Crippen molar-refractivity contribution in [3.05, 3.63) is 0 Å². The minimum absolute atomic E-state index is 0.136. The standard InChI is InChI=1S/C12H26N2O/c1-5-6-10(2)14(4)8-12(3)9-15-7-11(12)13/h10-11H,5-9,13H2,1-4H3. The maximum Gasteiger partial charge on any atom is 0.0624 e. The highest BCUT2D eigenvalue weighted by Gasteiger charge is 2.38. The summed E-state index contributed by atoms with van der Waals surface area (Å²) in [4.78, 5) is 2.41. The Morgan fingerprint density at radius 2 is 2.27 bits per heavy atom. The van der Waals surface area contributed by atoms with Gasteiger partial charge in [0.2, 0.25) is 0 Å². The fourth-order valence-corrected chi connectivity index (χ4v) is 2.25. The molecule has 1 aliphatic rings. The Labute approximate surface area is 94.0 Å². The van der Waals surface area contributed by atoms with Crippen molar-refractivity contribution in [2.45, 2.75) is 45.7 Å². The predicted octanol–water partition coefficient (Wildman–Crippen LogP) is 1.47. The quantitative estimate of drug-likeness (QED) is 0.753. The summed E-state index contributed by atoms with van der Waals surface area (Å²) in [6, 6.07) is 0.827. The molecule has 0 amide bonds. The van der Waals surface area contributed by atoms with E-state index >= 15 is 0 Å². The van der Waals surface area contributed by atoms with Gasteiger partial charge in [-0.3, -0.25) is 0 Å². The van der Waals surface area contributed by atoms with Crippen LogP contribution in [-0.4, -0.2) is 43.8 Å². The molecule has 3 nitrogen and oxygen atoms in total. The Kier molecular flexibility index (Phi) is 4.56. The van der Waals surface area contributed by atoms with E-state index in [-0.39, 0.29) is 11.5 Å². The zero-order valence-corrected chi connectivity index (χ0v) is 10.6. The summed E-state index contributed by atoms with van der Waals surface area (Å²) < 4.78 is 5.46. The van der Waals surface area contributed by atoms with Crippen LogP contribution < -0.4 is 5.73 Å². The number of nitrogens with two attached hydrogens (primary N) is 1. The minimum atomic E-state index is 0.136. The first-order chi connectivity index (χ1) is 6.99. The molecule has 1 saturated heterocycles. The van der Waals surface area contributed by atoms with Gasteiger partial charge in [-0.1, -0.05) is 20.3 Å². The predicted molar refractivity (Wildman–Crippen MR) is 63.9 cm³/mol. The molecule has 1 aliphatic heterocycles. The van der Waals surface area contributed by atoms with Crippen LogP contribution in [0.4, 0.5) is 0 Å². The fourth-order valence-electron chi connectivity index (χ4n) is 2.25. The molecule has 2 N–H and O–H groups in total. The summed E-state index contributed by atoms with van der Waals surface area (Å²) in [7, 11) is 2.19. The van der Waals surface area contributed by atoms with Crippen LogP contribution in [0.5, 0.6) is 0 Å². The molecule has 0 saturated carbocycles. The Morgan fingerprint density at radius 3 is 2.73 bits per heavy atom.